The number of aryl methyl sites for hydroxylation is 1. The molecular weight excluding hydrogens is 372 g/mol. The van der Waals surface area contributed by atoms with Crippen LogP contribution in [-0.2, 0) is 0 Å². The first-order valence-electron chi connectivity index (χ1n) is 10.1. The van der Waals surface area contributed by atoms with Crippen LogP contribution in [0.4, 0.5) is 11.6 Å². The van der Waals surface area contributed by atoms with Crippen molar-refractivity contribution in [3.8, 4) is 11.8 Å². The maximum absolute atomic E-state index is 8.28. The highest BCUT2D eigenvalue weighted by molar-refractivity contribution is 6.16. The number of aromatic nitrogens is 2. The molecule has 30 heavy (non-hydrogen) atoms. The molecule has 0 fully saturated rings. The summed E-state index contributed by atoms with van der Waals surface area (Å²) in [6.07, 6.45) is 4.24. The fraction of sp³-hybridized carbons (Fsp3) is 0.292. The number of nitrogens with one attached hydrogen (secondary N) is 2. The monoisotopic (exact) mass is 400 g/mol. The number of fused-ring (bicyclic) bond motifs is 1. The fourth-order valence-electron chi connectivity index (χ4n) is 3.72. The highest BCUT2D eigenvalue weighted by atomic mass is 15.2. The zero-order chi connectivity index (χ0) is 21.8. The smallest absolute Gasteiger partial charge is 0.142 e. The molecule has 0 unspecified atom stereocenters. The first-order chi connectivity index (χ1) is 14.3. The summed E-state index contributed by atoms with van der Waals surface area (Å²) >= 11 is 0. The third-order valence-electron chi connectivity index (χ3n) is 4.99. The molecule has 0 atom stereocenters. The van der Waals surface area contributed by atoms with Gasteiger partial charge in [-0.1, -0.05) is 37.6 Å². The molecule has 1 aromatic heterocycles. The van der Waals surface area contributed by atoms with Gasteiger partial charge in [0.15, 0.2) is 0 Å². The van der Waals surface area contributed by atoms with E-state index in [1.54, 1.807) is 0 Å². The van der Waals surface area contributed by atoms with Gasteiger partial charge in [-0.25, -0.2) is 9.97 Å². The third-order valence-corrected chi connectivity index (χ3v) is 4.99. The minimum Gasteiger partial charge on any atom is -0.383 e. The van der Waals surface area contributed by atoms with Gasteiger partial charge in [0.2, 0.25) is 0 Å². The van der Waals surface area contributed by atoms with Crippen LogP contribution >= 0.6 is 0 Å². The zero-order valence-corrected chi connectivity index (χ0v) is 18.0. The van der Waals surface area contributed by atoms with E-state index < -0.39 is 0 Å². The Bertz CT molecular complexity index is 1080. The van der Waals surface area contributed by atoms with E-state index >= 15 is 0 Å². The summed E-state index contributed by atoms with van der Waals surface area (Å²) < 4.78 is 0. The number of benzene rings is 1. The largest absolute Gasteiger partial charge is 0.383 e. The van der Waals surface area contributed by atoms with Gasteiger partial charge in [-0.15, -0.1) is 0 Å². The van der Waals surface area contributed by atoms with Gasteiger partial charge in [-0.2, -0.15) is 0 Å². The van der Waals surface area contributed by atoms with Crippen LogP contribution in [0, 0.1) is 24.2 Å². The lowest BCUT2D eigenvalue weighted by Gasteiger charge is -2.37. The quantitative estimate of drug-likeness (QED) is 0.514. The van der Waals surface area contributed by atoms with E-state index in [9.17, 15) is 0 Å². The molecule has 0 aliphatic carbocycles. The number of nitrogens with zero attached hydrogens (tertiary/aromatic N) is 3. The van der Waals surface area contributed by atoms with Crippen molar-refractivity contribution < 1.29 is 0 Å². The van der Waals surface area contributed by atoms with Gasteiger partial charge < -0.3 is 16.0 Å². The topological polar surface area (TPSA) is 90.9 Å². The Morgan fingerprint density at radius 1 is 1.33 bits per heavy atom. The number of hydrogen-bond donors (Lipinski definition) is 3. The van der Waals surface area contributed by atoms with Crippen LogP contribution in [0.1, 0.15) is 49.4 Å². The molecular formula is C24H28N6. The molecule has 2 heterocycles. The fourth-order valence-corrected chi connectivity index (χ4v) is 3.72. The molecule has 1 aliphatic rings. The molecule has 6 heteroatoms. The Balaban J connectivity index is 1.96. The van der Waals surface area contributed by atoms with E-state index in [0.717, 1.165) is 17.0 Å². The van der Waals surface area contributed by atoms with Crippen molar-refractivity contribution in [1.29, 1.82) is 5.41 Å². The SMILES string of the molecule is C=C1c2c(C)cccc2C=C(CNc2ncnc(N)c2C(=N)C#CCC)N1C(C)C. The van der Waals surface area contributed by atoms with Crippen LogP contribution in [0.15, 0.2) is 36.8 Å². The van der Waals surface area contributed by atoms with Crippen LogP contribution in [0.25, 0.3) is 11.8 Å². The van der Waals surface area contributed by atoms with Crippen LogP contribution in [0.2, 0.25) is 0 Å². The number of nitrogen functional groups attached to an aromatic ring is 1. The average Bonchev–Trinajstić information content (AvgIpc) is 2.70. The molecule has 0 amide bonds. The van der Waals surface area contributed by atoms with Crippen molar-refractivity contribution in [2.75, 3.05) is 17.6 Å². The summed E-state index contributed by atoms with van der Waals surface area (Å²) in [6, 6.07) is 6.51. The molecule has 3 rings (SSSR count). The molecule has 0 saturated heterocycles. The number of hydrogen-bond acceptors (Lipinski definition) is 6. The van der Waals surface area contributed by atoms with Gasteiger partial charge in [-0.3, -0.25) is 5.41 Å². The maximum Gasteiger partial charge on any atom is 0.142 e. The summed E-state index contributed by atoms with van der Waals surface area (Å²) in [5.41, 5.74) is 12.2. The van der Waals surface area contributed by atoms with E-state index in [4.69, 9.17) is 11.1 Å². The standard InChI is InChI=1S/C24H28N6/c1-6-7-11-20(25)22-23(26)28-14-29-24(22)27-13-19-12-18-10-8-9-16(4)21(18)17(5)30(19)15(2)3/h8-10,12,14-15,25H,5-6,13H2,1-4H3,(H3,26,27,28,29). The number of nitrogens with two attached hydrogens (primary N) is 1. The molecule has 4 N–H and O–H groups in total. The average molecular weight is 401 g/mol. The van der Waals surface area contributed by atoms with E-state index in [0.29, 0.717) is 24.3 Å². The third kappa shape index (κ3) is 4.06. The second-order valence-electron chi connectivity index (χ2n) is 7.45. The molecule has 1 aromatic carbocycles. The Hall–Kier alpha value is -3.59. The van der Waals surface area contributed by atoms with Gasteiger partial charge in [0.05, 0.1) is 12.1 Å². The predicted molar refractivity (Wildman–Crippen MR) is 125 cm³/mol. The van der Waals surface area contributed by atoms with Crippen LogP contribution in [-0.4, -0.2) is 33.2 Å². The van der Waals surface area contributed by atoms with Crippen LogP contribution in [0.5, 0.6) is 0 Å². The molecule has 1 aliphatic heterocycles. The first-order valence-corrected chi connectivity index (χ1v) is 10.1. The second-order valence-corrected chi connectivity index (χ2v) is 7.45. The summed E-state index contributed by atoms with van der Waals surface area (Å²) in [6.45, 7) is 13.2. The van der Waals surface area contributed by atoms with Gasteiger partial charge in [0, 0.05) is 29.4 Å². The Morgan fingerprint density at radius 3 is 2.80 bits per heavy atom. The predicted octanol–water partition coefficient (Wildman–Crippen LogP) is 4.30. The summed E-state index contributed by atoms with van der Waals surface area (Å²) in [5, 5.41) is 11.6. The summed E-state index contributed by atoms with van der Waals surface area (Å²) in [5.74, 6) is 6.47. The highest BCUT2D eigenvalue weighted by Crippen LogP contribution is 2.36. The van der Waals surface area contributed by atoms with Gasteiger partial charge in [0.1, 0.15) is 23.7 Å². The first kappa shape index (κ1) is 21.1. The number of anilines is 2. The van der Waals surface area contributed by atoms with Crippen molar-refractivity contribution >= 4 is 29.1 Å². The number of rotatable bonds is 5. The summed E-state index contributed by atoms with van der Waals surface area (Å²) in [4.78, 5) is 10.6. The minimum absolute atomic E-state index is 0.112. The van der Waals surface area contributed by atoms with Crippen molar-refractivity contribution in [1.82, 2.24) is 14.9 Å². The maximum atomic E-state index is 8.28. The van der Waals surface area contributed by atoms with E-state index in [-0.39, 0.29) is 17.6 Å². The van der Waals surface area contributed by atoms with Crippen LogP contribution in [0.3, 0.4) is 0 Å². The Labute approximate surface area is 178 Å². The van der Waals surface area contributed by atoms with E-state index in [2.05, 4.69) is 83.7 Å². The lowest BCUT2D eigenvalue weighted by molar-refractivity contribution is 0.402. The molecule has 0 radical (unpaired) electrons. The Kier molecular flexibility index (Phi) is 6.22. The van der Waals surface area contributed by atoms with Crippen LogP contribution < -0.4 is 11.1 Å². The van der Waals surface area contributed by atoms with E-state index in [1.807, 2.05) is 6.92 Å². The Morgan fingerprint density at radius 2 is 2.10 bits per heavy atom. The molecule has 2 aromatic rings. The molecule has 0 bridgehead atoms. The van der Waals surface area contributed by atoms with Crippen molar-refractivity contribution in [2.45, 2.75) is 40.2 Å². The normalized spacial score (nSPS) is 12.8. The lowest BCUT2D eigenvalue weighted by Crippen LogP contribution is -2.34. The van der Waals surface area contributed by atoms with Crippen molar-refractivity contribution in [2.24, 2.45) is 0 Å². The van der Waals surface area contributed by atoms with Crippen molar-refractivity contribution in [3.05, 3.63) is 59.1 Å². The highest BCUT2D eigenvalue weighted by Gasteiger charge is 2.25. The minimum atomic E-state index is 0.112. The zero-order valence-electron chi connectivity index (χ0n) is 18.0. The van der Waals surface area contributed by atoms with Gasteiger partial charge in [0.25, 0.3) is 0 Å². The van der Waals surface area contributed by atoms with E-state index in [1.165, 1.54) is 17.5 Å². The van der Waals surface area contributed by atoms with Gasteiger partial charge in [-0.05, 0) is 43.9 Å². The molecule has 154 valence electrons. The molecule has 0 saturated carbocycles. The van der Waals surface area contributed by atoms with Crippen molar-refractivity contribution in [3.63, 3.8) is 0 Å². The van der Waals surface area contributed by atoms with Gasteiger partial charge >= 0.3 is 0 Å². The second kappa shape index (κ2) is 8.83. The molecule has 6 nitrogen and oxygen atoms in total. The lowest BCUT2D eigenvalue weighted by atomic mass is 9.93. The summed E-state index contributed by atoms with van der Waals surface area (Å²) in [7, 11) is 0. The molecule has 0 spiro atoms.